The third-order valence-electron chi connectivity index (χ3n) is 6.38. The molecule has 1 saturated heterocycles. The van der Waals surface area contributed by atoms with Crippen LogP contribution in [0.2, 0.25) is 0 Å². The molecule has 8 heteroatoms. The van der Waals surface area contributed by atoms with E-state index >= 15 is 0 Å². The van der Waals surface area contributed by atoms with Crippen molar-refractivity contribution in [2.45, 2.75) is 30.1 Å². The standard InChI is InChI=1S/C29H33N3O4S/c1-3-35-25-20-24(31-15-17-34-18-16-31)26(36-4-2)19-21(25)30-29(33)13-14-32-22-9-5-7-11-27(22)37-28-12-8-6-10-23(28)32/h5-12,19-20H,3-4,13-18H2,1-2H3,(H,30,33). The maximum absolute atomic E-state index is 13.2. The molecular formula is C29H33N3O4S. The number of carbonyl (C=O) groups excluding carboxylic acids is 1. The highest BCUT2D eigenvalue weighted by molar-refractivity contribution is 7.99. The van der Waals surface area contributed by atoms with Gasteiger partial charge in [-0.25, -0.2) is 0 Å². The number of rotatable bonds is 9. The zero-order valence-corrected chi connectivity index (χ0v) is 22.2. The maximum Gasteiger partial charge on any atom is 0.226 e. The van der Waals surface area contributed by atoms with Gasteiger partial charge >= 0.3 is 0 Å². The predicted octanol–water partition coefficient (Wildman–Crippen LogP) is 5.95. The van der Waals surface area contributed by atoms with Crippen LogP contribution in [0.4, 0.5) is 22.7 Å². The minimum atomic E-state index is -0.0734. The zero-order chi connectivity index (χ0) is 25.6. The number of fused-ring (bicyclic) bond motifs is 2. The first kappa shape index (κ1) is 25.3. The molecule has 3 aromatic carbocycles. The molecule has 1 fully saturated rings. The van der Waals surface area contributed by atoms with E-state index in [-0.39, 0.29) is 5.91 Å². The average molecular weight is 520 g/mol. The van der Waals surface area contributed by atoms with E-state index in [2.05, 4.69) is 51.5 Å². The summed E-state index contributed by atoms with van der Waals surface area (Å²) in [6, 6.07) is 20.5. The summed E-state index contributed by atoms with van der Waals surface area (Å²) in [6.45, 7) is 8.43. The number of nitrogens with zero attached hydrogens (tertiary/aromatic N) is 2. The lowest BCUT2D eigenvalue weighted by atomic mass is 10.2. The molecule has 0 aromatic heterocycles. The van der Waals surface area contributed by atoms with E-state index < -0.39 is 0 Å². The van der Waals surface area contributed by atoms with Crippen molar-refractivity contribution in [3.63, 3.8) is 0 Å². The van der Waals surface area contributed by atoms with Gasteiger partial charge in [0.2, 0.25) is 5.91 Å². The fourth-order valence-corrected chi connectivity index (χ4v) is 5.79. The van der Waals surface area contributed by atoms with Gasteiger partial charge in [0, 0.05) is 48.0 Å². The molecule has 2 heterocycles. The van der Waals surface area contributed by atoms with Crippen molar-refractivity contribution >= 4 is 40.4 Å². The topological polar surface area (TPSA) is 63.3 Å². The van der Waals surface area contributed by atoms with Gasteiger partial charge < -0.3 is 29.3 Å². The van der Waals surface area contributed by atoms with Gasteiger partial charge in [0.05, 0.1) is 49.2 Å². The third kappa shape index (κ3) is 5.65. The fraction of sp³-hybridized carbons (Fsp3) is 0.345. The normalized spacial score (nSPS) is 14.5. The Labute approximate surface area is 222 Å². The first-order valence-electron chi connectivity index (χ1n) is 12.9. The molecule has 2 aliphatic rings. The average Bonchev–Trinajstić information content (AvgIpc) is 2.93. The quantitative estimate of drug-likeness (QED) is 0.375. The Bertz CT molecular complexity index is 1200. The van der Waals surface area contributed by atoms with Crippen molar-refractivity contribution < 1.29 is 19.0 Å². The van der Waals surface area contributed by atoms with Gasteiger partial charge in [-0.3, -0.25) is 4.79 Å². The summed E-state index contributed by atoms with van der Waals surface area (Å²) in [5, 5.41) is 3.09. The number of anilines is 4. The number of para-hydroxylation sites is 2. The third-order valence-corrected chi connectivity index (χ3v) is 7.51. The fourth-order valence-electron chi connectivity index (χ4n) is 4.69. The van der Waals surface area contributed by atoms with Gasteiger partial charge in [0.1, 0.15) is 11.5 Å². The number of hydrogen-bond acceptors (Lipinski definition) is 7. The van der Waals surface area contributed by atoms with E-state index in [1.807, 2.05) is 38.1 Å². The molecule has 0 radical (unpaired) electrons. The number of benzene rings is 3. The molecule has 37 heavy (non-hydrogen) atoms. The van der Waals surface area contributed by atoms with Gasteiger partial charge in [-0.1, -0.05) is 36.0 Å². The molecular weight excluding hydrogens is 486 g/mol. The summed E-state index contributed by atoms with van der Waals surface area (Å²) in [4.78, 5) is 20.1. The smallest absolute Gasteiger partial charge is 0.226 e. The van der Waals surface area contributed by atoms with Crippen molar-refractivity contribution in [3.05, 3.63) is 60.7 Å². The van der Waals surface area contributed by atoms with Crippen LogP contribution >= 0.6 is 11.8 Å². The van der Waals surface area contributed by atoms with Crippen LogP contribution in [0.15, 0.2) is 70.5 Å². The molecule has 2 aliphatic heterocycles. The Morgan fingerprint density at radius 3 is 2.16 bits per heavy atom. The highest BCUT2D eigenvalue weighted by Gasteiger charge is 2.24. The second-order valence-electron chi connectivity index (χ2n) is 8.77. The molecule has 1 amide bonds. The van der Waals surface area contributed by atoms with Crippen LogP contribution in [0.25, 0.3) is 0 Å². The Balaban J connectivity index is 1.35. The SMILES string of the molecule is CCOc1cc(N2CCOCC2)c(OCC)cc1NC(=O)CCN1c2ccccc2Sc2ccccc21. The highest BCUT2D eigenvalue weighted by atomic mass is 32.2. The van der Waals surface area contributed by atoms with Crippen LogP contribution in [0.5, 0.6) is 11.5 Å². The highest BCUT2D eigenvalue weighted by Crippen LogP contribution is 2.48. The van der Waals surface area contributed by atoms with Gasteiger partial charge in [-0.15, -0.1) is 0 Å². The van der Waals surface area contributed by atoms with Crippen molar-refractivity contribution in [2.24, 2.45) is 0 Å². The second kappa shape index (κ2) is 11.8. The molecule has 0 bridgehead atoms. The Hall–Kier alpha value is -3.36. The lowest BCUT2D eigenvalue weighted by Crippen LogP contribution is -2.36. The largest absolute Gasteiger partial charge is 0.492 e. The number of nitrogens with one attached hydrogen (secondary N) is 1. The lowest BCUT2D eigenvalue weighted by Gasteiger charge is -2.32. The Morgan fingerprint density at radius 1 is 0.892 bits per heavy atom. The number of morpholine rings is 1. The van der Waals surface area contributed by atoms with Crippen molar-refractivity contribution in [1.82, 2.24) is 0 Å². The summed E-state index contributed by atoms with van der Waals surface area (Å²) in [7, 11) is 0. The molecule has 194 valence electrons. The van der Waals surface area contributed by atoms with Crippen molar-refractivity contribution in [2.75, 3.05) is 61.2 Å². The molecule has 0 saturated carbocycles. The molecule has 5 rings (SSSR count). The van der Waals surface area contributed by atoms with Crippen LogP contribution in [-0.4, -0.2) is 52.0 Å². The van der Waals surface area contributed by atoms with Crippen LogP contribution in [0.1, 0.15) is 20.3 Å². The first-order chi connectivity index (χ1) is 18.2. The van der Waals surface area contributed by atoms with E-state index in [1.165, 1.54) is 9.79 Å². The monoisotopic (exact) mass is 519 g/mol. The molecule has 0 spiro atoms. The van der Waals surface area contributed by atoms with Crippen LogP contribution in [-0.2, 0) is 9.53 Å². The minimum absolute atomic E-state index is 0.0734. The number of carbonyl (C=O) groups is 1. The Morgan fingerprint density at radius 2 is 1.51 bits per heavy atom. The predicted molar refractivity (Wildman–Crippen MR) is 149 cm³/mol. The molecule has 0 atom stereocenters. The molecule has 1 N–H and O–H groups in total. The summed E-state index contributed by atoms with van der Waals surface area (Å²) in [6.07, 6.45) is 0.327. The van der Waals surface area contributed by atoms with Crippen LogP contribution < -0.4 is 24.6 Å². The van der Waals surface area contributed by atoms with Gasteiger partial charge in [-0.05, 0) is 38.1 Å². The number of amides is 1. The van der Waals surface area contributed by atoms with Crippen LogP contribution in [0, 0.1) is 0 Å². The number of ether oxygens (including phenoxy) is 3. The van der Waals surface area contributed by atoms with Gasteiger partial charge in [-0.2, -0.15) is 0 Å². The molecule has 0 aliphatic carbocycles. The van der Waals surface area contributed by atoms with Crippen LogP contribution in [0.3, 0.4) is 0 Å². The molecule has 0 unspecified atom stereocenters. The van der Waals surface area contributed by atoms with Gasteiger partial charge in [0.25, 0.3) is 0 Å². The van der Waals surface area contributed by atoms with E-state index in [0.717, 1.165) is 35.9 Å². The summed E-state index contributed by atoms with van der Waals surface area (Å²) in [5.41, 5.74) is 3.85. The van der Waals surface area contributed by atoms with Gasteiger partial charge in [0.15, 0.2) is 0 Å². The van der Waals surface area contributed by atoms with E-state index in [1.54, 1.807) is 11.8 Å². The summed E-state index contributed by atoms with van der Waals surface area (Å²) in [5.74, 6) is 1.31. The summed E-state index contributed by atoms with van der Waals surface area (Å²) < 4.78 is 17.4. The zero-order valence-electron chi connectivity index (χ0n) is 21.4. The maximum atomic E-state index is 13.2. The molecule has 7 nitrogen and oxygen atoms in total. The minimum Gasteiger partial charge on any atom is -0.492 e. The second-order valence-corrected chi connectivity index (χ2v) is 9.85. The molecule has 3 aromatic rings. The number of hydrogen-bond donors (Lipinski definition) is 1. The van der Waals surface area contributed by atoms with E-state index in [0.29, 0.717) is 50.8 Å². The van der Waals surface area contributed by atoms with Crippen molar-refractivity contribution in [1.29, 1.82) is 0 Å². The van der Waals surface area contributed by atoms with E-state index in [4.69, 9.17) is 14.2 Å². The first-order valence-corrected chi connectivity index (χ1v) is 13.7. The Kier molecular flexibility index (Phi) is 8.06. The lowest BCUT2D eigenvalue weighted by molar-refractivity contribution is -0.116. The van der Waals surface area contributed by atoms with Crippen molar-refractivity contribution in [3.8, 4) is 11.5 Å². The summed E-state index contributed by atoms with van der Waals surface area (Å²) >= 11 is 1.77. The van der Waals surface area contributed by atoms with E-state index in [9.17, 15) is 4.79 Å².